The number of nitrogens with zero attached hydrogens (tertiary/aromatic N) is 3. The fourth-order valence-corrected chi connectivity index (χ4v) is 3.19. The Labute approximate surface area is 155 Å². The number of aromatic nitrogens is 3. The van der Waals surface area contributed by atoms with Crippen molar-refractivity contribution in [3.8, 4) is 0 Å². The van der Waals surface area contributed by atoms with Crippen molar-refractivity contribution in [2.75, 3.05) is 11.9 Å². The lowest BCUT2D eigenvalue weighted by atomic mass is 10.2. The second-order valence-electron chi connectivity index (χ2n) is 6.24. The van der Waals surface area contributed by atoms with E-state index < -0.39 is 0 Å². The van der Waals surface area contributed by atoms with Crippen LogP contribution in [0.5, 0.6) is 0 Å². The van der Waals surface area contributed by atoms with Gasteiger partial charge in [0.15, 0.2) is 5.65 Å². The molecule has 0 radical (unpaired) electrons. The molecule has 7 nitrogen and oxygen atoms in total. The summed E-state index contributed by atoms with van der Waals surface area (Å²) < 4.78 is 1.84. The molecule has 0 aliphatic heterocycles. The van der Waals surface area contributed by atoms with Gasteiger partial charge in [-0.15, -0.1) is 0 Å². The van der Waals surface area contributed by atoms with Gasteiger partial charge < -0.3 is 10.6 Å². The van der Waals surface area contributed by atoms with Crippen LogP contribution in [-0.2, 0) is 4.79 Å². The summed E-state index contributed by atoms with van der Waals surface area (Å²) in [5.41, 5.74) is 2.10. The van der Waals surface area contributed by atoms with Crippen LogP contribution in [0.15, 0.2) is 35.3 Å². The van der Waals surface area contributed by atoms with Crippen molar-refractivity contribution in [2.45, 2.75) is 32.7 Å². The van der Waals surface area contributed by atoms with Gasteiger partial charge >= 0.3 is 0 Å². The third-order valence-electron chi connectivity index (χ3n) is 3.86. The molecule has 3 rings (SSSR count). The highest BCUT2D eigenvalue weighted by Crippen LogP contribution is 2.19. The van der Waals surface area contributed by atoms with Crippen LogP contribution in [0.25, 0.3) is 11.0 Å². The molecule has 0 saturated carbocycles. The average molecular weight is 371 g/mol. The number of hydrogen-bond acceptors (Lipinski definition) is 5. The van der Waals surface area contributed by atoms with Gasteiger partial charge in [0.1, 0.15) is 0 Å². The Balaban J connectivity index is 1.47. The van der Waals surface area contributed by atoms with Crippen molar-refractivity contribution in [3.05, 3.63) is 40.8 Å². The van der Waals surface area contributed by atoms with Gasteiger partial charge in [0, 0.05) is 35.3 Å². The largest absolute Gasteiger partial charge is 0.352 e. The second-order valence-corrected chi connectivity index (χ2v) is 7.02. The molecule has 8 heteroatoms. The molecular weight excluding hydrogens is 350 g/mol. The first kappa shape index (κ1) is 18.1. The third-order valence-corrected chi connectivity index (χ3v) is 4.54. The number of hydrogen-bond donors (Lipinski definition) is 2. The Morgan fingerprint density at radius 3 is 2.88 bits per heavy atom. The second kappa shape index (κ2) is 8.09. The Morgan fingerprint density at radius 2 is 2.15 bits per heavy atom. The molecule has 3 aromatic rings. The summed E-state index contributed by atoms with van der Waals surface area (Å²) in [6.07, 6.45) is 4.28. The topological polar surface area (TPSA) is 88.9 Å². The molecule has 0 unspecified atom stereocenters. The van der Waals surface area contributed by atoms with Crippen molar-refractivity contribution in [3.63, 3.8) is 0 Å². The number of rotatable bonds is 7. The summed E-state index contributed by atoms with van der Waals surface area (Å²) in [6, 6.07) is 3.87. The lowest BCUT2D eigenvalue weighted by Gasteiger charge is -2.08. The van der Waals surface area contributed by atoms with E-state index in [2.05, 4.69) is 20.7 Å². The molecule has 136 valence electrons. The van der Waals surface area contributed by atoms with E-state index in [0.717, 1.165) is 11.0 Å². The molecule has 3 aromatic heterocycles. The van der Waals surface area contributed by atoms with Crippen molar-refractivity contribution < 1.29 is 9.59 Å². The van der Waals surface area contributed by atoms with Crippen LogP contribution >= 0.6 is 11.3 Å². The maximum absolute atomic E-state index is 12.1. The van der Waals surface area contributed by atoms with E-state index in [-0.39, 0.29) is 17.9 Å². The molecule has 0 aliphatic carbocycles. The van der Waals surface area contributed by atoms with Gasteiger partial charge in [-0.25, -0.2) is 9.67 Å². The standard InChI is InChI=1S/C18H21N5O2S/c1-12(2)23-17-14(9-21-23)8-15(10-20-17)22-16(24)4-3-6-19-18(25)13-5-7-26-11-13/h5,7-12H,3-4,6H2,1-2H3,(H,19,25)(H,22,24). The summed E-state index contributed by atoms with van der Waals surface area (Å²) in [5.74, 6) is -0.212. The number of nitrogens with one attached hydrogen (secondary N) is 2. The van der Waals surface area contributed by atoms with E-state index in [4.69, 9.17) is 0 Å². The fraction of sp³-hybridized carbons (Fsp3) is 0.333. The predicted octanol–water partition coefficient (Wildman–Crippen LogP) is 3.22. The molecule has 0 atom stereocenters. The van der Waals surface area contributed by atoms with E-state index in [1.54, 1.807) is 23.8 Å². The van der Waals surface area contributed by atoms with Crippen LogP contribution < -0.4 is 10.6 Å². The van der Waals surface area contributed by atoms with Crippen molar-refractivity contribution in [2.24, 2.45) is 0 Å². The molecule has 0 bridgehead atoms. The number of thiophene rings is 1. The highest BCUT2D eigenvalue weighted by Gasteiger charge is 2.10. The SMILES string of the molecule is CC(C)n1ncc2cc(NC(=O)CCCNC(=O)c3ccsc3)cnc21. The molecule has 0 aliphatic rings. The normalized spacial score (nSPS) is 11.0. The first-order valence-corrected chi connectivity index (χ1v) is 9.42. The number of fused-ring (bicyclic) bond motifs is 1. The van der Waals surface area contributed by atoms with Crippen LogP contribution in [0.3, 0.4) is 0 Å². The Morgan fingerprint density at radius 1 is 1.31 bits per heavy atom. The van der Waals surface area contributed by atoms with Gasteiger partial charge in [0.2, 0.25) is 5.91 Å². The summed E-state index contributed by atoms with van der Waals surface area (Å²) >= 11 is 1.48. The van der Waals surface area contributed by atoms with E-state index >= 15 is 0 Å². The lowest BCUT2D eigenvalue weighted by Crippen LogP contribution is -2.25. The third kappa shape index (κ3) is 4.26. The lowest BCUT2D eigenvalue weighted by molar-refractivity contribution is -0.116. The molecule has 0 saturated heterocycles. The van der Waals surface area contributed by atoms with Crippen molar-refractivity contribution in [1.29, 1.82) is 0 Å². The van der Waals surface area contributed by atoms with E-state index in [0.29, 0.717) is 30.6 Å². The van der Waals surface area contributed by atoms with Crippen molar-refractivity contribution in [1.82, 2.24) is 20.1 Å². The highest BCUT2D eigenvalue weighted by atomic mass is 32.1. The number of carbonyl (C=O) groups is 2. The van der Waals surface area contributed by atoms with E-state index in [1.165, 1.54) is 11.3 Å². The number of amides is 2. The zero-order valence-corrected chi connectivity index (χ0v) is 15.5. The number of anilines is 1. The predicted molar refractivity (Wildman–Crippen MR) is 102 cm³/mol. The molecule has 2 N–H and O–H groups in total. The number of pyridine rings is 1. The monoisotopic (exact) mass is 371 g/mol. The molecular formula is C18H21N5O2S. The maximum atomic E-state index is 12.1. The van der Waals surface area contributed by atoms with Crippen LogP contribution in [0, 0.1) is 0 Å². The first-order chi connectivity index (χ1) is 12.5. The quantitative estimate of drug-likeness (QED) is 0.624. The molecule has 26 heavy (non-hydrogen) atoms. The summed E-state index contributed by atoms with van der Waals surface area (Å²) in [5, 5.41) is 14.5. The summed E-state index contributed by atoms with van der Waals surface area (Å²) in [6.45, 7) is 4.54. The fourth-order valence-electron chi connectivity index (χ4n) is 2.56. The van der Waals surface area contributed by atoms with Gasteiger partial charge in [0.05, 0.1) is 18.1 Å². The van der Waals surface area contributed by atoms with Crippen LogP contribution in [0.1, 0.15) is 43.1 Å². The molecule has 3 heterocycles. The van der Waals surface area contributed by atoms with Gasteiger partial charge in [-0.2, -0.15) is 16.4 Å². The van der Waals surface area contributed by atoms with Crippen LogP contribution in [0.2, 0.25) is 0 Å². The maximum Gasteiger partial charge on any atom is 0.252 e. The summed E-state index contributed by atoms with van der Waals surface area (Å²) in [7, 11) is 0. The van der Waals surface area contributed by atoms with Gasteiger partial charge in [-0.3, -0.25) is 9.59 Å². The number of carbonyl (C=O) groups excluding carboxylic acids is 2. The molecule has 2 amide bonds. The van der Waals surface area contributed by atoms with E-state index in [1.807, 2.05) is 30.0 Å². The van der Waals surface area contributed by atoms with Gasteiger partial charge in [-0.1, -0.05) is 0 Å². The first-order valence-electron chi connectivity index (χ1n) is 8.48. The average Bonchev–Trinajstić information content (AvgIpc) is 3.27. The zero-order chi connectivity index (χ0) is 18.5. The summed E-state index contributed by atoms with van der Waals surface area (Å²) in [4.78, 5) is 28.3. The minimum absolute atomic E-state index is 0.104. The smallest absolute Gasteiger partial charge is 0.252 e. The van der Waals surface area contributed by atoms with Crippen LogP contribution in [-0.4, -0.2) is 33.1 Å². The molecule has 0 spiro atoms. The Kier molecular flexibility index (Phi) is 5.62. The van der Waals surface area contributed by atoms with Gasteiger partial charge in [0.25, 0.3) is 5.91 Å². The van der Waals surface area contributed by atoms with Crippen molar-refractivity contribution >= 4 is 39.9 Å². The molecule has 0 aromatic carbocycles. The van der Waals surface area contributed by atoms with Crippen LogP contribution in [0.4, 0.5) is 5.69 Å². The van der Waals surface area contributed by atoms with Gasteiger partial charge in [-0.05, 0) is 37.8 Å². The minimum atomic E-state index is -0.108. The zero-order valence-electron chi connectivity index (χ0n) is 14.7. The Bertz CT molecular complexity index is 902. The minimum Gasteiger partial charge on any atom is -0.352 e. The molecule has 0 fully saturated rings. The Hall–Kier alpha value is -2.74. The van der Waals surface area contributed by atoms with E-state index in [9.17, 15) is 9.59 Å². The highest BCUT2D eigenvalue weighted by molar-refractivity contribution is 7.08.